The third-order valence-electron chi connectivity index (χ3n) is 2.31. The van der Waals surface area contributed by atoms with E-state index < -0.39 is 0 Å². The summed E-state index contributed by atoms with van der Waals surface area (Å²) in [5.41, 5.74) is 0.0188. The van der Waals surface area contributed by atoms with Crippen molar-refractivity contribution in [2.45, 2.75) is 32.4 Å². The number of nitrogens with one attached hydrogen (secondary N) is 1. The predicted octanol–water partition coefficient (Wildman–Crippen LogP) is 1.32. The molecule has 0 aliphatic carbocycles. The Morgan fingerprint density at radius 3 is 2.47 bits per heavy atom. The molecule has 3 nitrogen and oxygen atoms in total. The first-order chi connectivity index (χ1) is 7.01. The molecular weight excluding hydrogens is 206 g/mol. The second kappa shape index (κ2) is 5.74. The number of hydrogen-bond donors (Lipinski definition) is 1. The van der Waals surface area contributed by atoms with Crippen LogP contribution in [-0.4, -0.2) is 47.6 Å². The van der Waals surface area contributed by atoms with Crippen LogP contribution in [0.1, 0.15) is 20.8 Å². The fraction of sp³-hybridized carbons (Fsp3) is 0.909. The van der Waals surface area contributed by atoms with Gasteiger partial charge in [-0.05, 0) is 20.8 Å². The quantitative estimate of drug-likeness (QED) is 0.789. The average molecular weight is 227 g/mol. The standard InChI is InChI=1S/C11H21N3S/c1-11(2,3)13-10(8-12)9-14-4-6-15-7-5-14/h10,13H,4-7,9H2,1-3H3. The van der Waals surface area contributed by atoms with Crippen molar-refractivity contribution in [3.05, 3.63) is 0 Å². The summed E-state index contributed by atoms with van der Waals surface area (Å²) < 4.78 is 0. The highest BCUT2D eigenvalue weighted by Crippen LogP contribution is 2.10. The summed E-state index contributed by atoms with van der Waals surface area (Å²) in [5, 5.41) is 12.4. The van der Waals surface area contributed by atoms with Gasteiger partial charge in [-0.3, -0.25) is 10.2 Å². The number of rotatable bonds is 3. The molecule has 1 heterocycles. The van der Waals surface area contributed by atoms with Crippen molar-refractivity contribution in [2.24, 2.45) is 0 Å². The second-order valence-electron chi connectivity index (χ2n) is 4.99. The normalized spacial score (nSPS) is 20.9. The molecule has 1 atom stereocenters. The minimum atomic E-state index is -0.0481. The van der Waals surface area contributed by atoms with Crippen LogP contribution in [-0.2, 0) is 0 Å². The lowest BCUT2D eigenvalue weighted by atomic mass is 10.1. The molecule has 1 unspecified atom stereocenters. The van der Waals surface area contributed by atoms with Crippen LogP contribution in [0.3, 0.4) is 0 Å². The van der Waals surface area contributed by atoms with E-state index in [9.17, 15) is 0 Å². The molecule has 0 bridgehead atoms. The molecular formula is C11H21N3S. The van der Waals surface area contributed by atoms with Crippen LogP contribution < -0.4 is 5.32 Å². The molecule has 1 aliphatic rings. The van der Waals surface area contributed by atoms with Gasteiger partial charge in [-0.1, -0.05) is 0 Å². The molecule has 1 fully saturated rings. The Balaban J connectivity index is 2.36. The maximum atomic E-state index is 9.08. The Bertz CT molecular complexity index is 223. The molecule has 1 aliphatic heterocycles. The Labute approximate surface area is 97.2 Å². The molecule has 0 aromatic heterocycles. The van der Waals surface area contributed by atoms with Crippen molar-refractivity contribution in [1.29, 1.82) is 5.26 Å². The van der Waals surface area contributed by atoms with E-state index in [2.05, 4.69) is 37.1 Å². The van der Waals surface area contributed by atoms with Gasteiger partial charge in [0.2, 0.25) is 0 Å². The average Bonchev–Trinajstić information content (AvgIpc) is 2.16. The fourth-order valence-corrected chi connectivity index (χ4v) is 2.66. The summed E-state index contributed by atoms with van der Waals surface area (Å²) >= 11 is 2.00. The first-order valence-corrected chi connectivity index (χ1v) is 6.64. The van der Waals surface area contributed by atoms with Crippen LogP contribution >= 0.6 is 11.8 Å². The Morgan fingerprint density at radius 2 is 2.00 bits per heavy atom. The monoisotopic (exact) mass is 227 g/mol. The van der Waals surface area contributed by atoms with Gasteiger partial charge in [0.05, 0.1) is 6.07 Å². The van der Waals surface area contributed by atoms with E-state index in [1.807, 2.05) is 11.8 Å². The zero-order valence-corrected chi connectivity index (χ0v) is 10.7. The van der Waals surface area contributed by atoms with Crippen LogP contribution in [0, 0.1) is 11.3 Å². The van der Waals surface area contributed by atoms with Crippen LogP contribution in [0.5, 0.6) is 0 Å². The third kappa shape index (κ3) is 5.41. The summed E-state index contributed by atoms with van der Waals surface area (Å²) in [6.07, 6.45) is 0. The maximum absolute atomic E-state index is 9.08. The molecule has 15 heavy (non-hydrogen) atoms. The summed E-state index contributed by atoms with van der Waals surface area (Å²) in [7, 11) is 0. The first kappa shape index (κ1) is 12.8. The molecule has 0 radical (unpaired) electrons. The molecule has 1 saturated heterocycles. The van der Waals surface area contributed by atoms with Crippen molar-refractivity contribution in [1.82, 2.24) is 10.2 Å². The van der Waals surface area contributed by atoms with Gasteiger partial charge >= 0.3 is 0 Å². The van der Waals surface area contributed by atoms with Crippen LogP contribution in [0.25, 0.3) is 0 Å². The predicted molar refractivity (Wildman–Crippen MR) is 66.1 cm³/mol. The molecule has 86 valence electrons. The van der Waals surface area contributed by atoms with Gasteiger partial charge in [-0.25, -0.2) is 0 Å². The summed E-state index contributed by atoms with van der Waals surface area (Å²) in [6, 6.07) is 2.30. The van der Waals surface area contributed by atoms with E-state index in [1.165, 1.54) is 11.5 Å². The maximum Gasteiger partial charge on any atom is 0.108 e. The topological polar surface area (TPSA) is 39.1 Å². The lowest BCUT2D eigenvalue weighted by molar-refractivity contribution is 0.261. The molecule has 0 saturated carbocycles. The van der Waals surface area contributed by atoms with Gasteiger partial charge < -0.3 is 0 Å². The largest absolute Gasteiger partial charge is 0.299 e. The fourth-order valence-electron chi connectivity index (χ4n) is 1.68. The molecule has 0 aromatic carbocycles. The van der Waals surface area contributed by atoms with E-state index in [0.29, 0.717) is 0 Å². The van der Waals surface area contributed by atoms with Crippen LogP contribution in [0.15, 0.2) is 0 Å². The van der Waals surface area contributed by atoms with Crippen molar-refractivity contribution in [3.8, 4) is 6.07 Å². The third-order valence-corrected chi connectivity index (χ3v) is 3.25. The highest BCUT2D eigenvalue weighted by Gasteiger charge is 2.20. The second-order valence-corrected chi connectivity index (χ2v) is 6.21. The summed E-state index contributed by atoms with van der Waals surface area (Å²) in [4.78, 5) is 2.38. The molecule has 1 N–H and O–H groups in total. The lowest BCUT2D eigenvalue weighted by Gasteiger charge is -2.31. The minimum absolute atomic E-state index is 0.0188. The van der Waals surface area contributed by atoms with Crippen LogP contribution in [0.2, 0.25) is 0 Å². The van der Waals surface area contributed by atoms with E-state index in [4.69, 9.17) is 5.26 Å². The lowest BCUT2D eigenvalue weighted by Crippen LogP contribution is -2.49. The van der Waals surface area contributed by atoms with Crippen molar-refractivity contribution >= 4 is 11.8 Å². The zero-order chi connectivity index (χ0) is 11.3. The number of nitrogens with zero attached hydrogens (tertiary/aromatic N) is 2. The van der Waals surface area contributed by atoms with Crippen molar-refractivity contribution in [2.75, 3.05) is 31.1 Å². The van der Waals surface area contributed by atoms with Gasteiger partial charge in [-0.15, -0.1) is 0 Å². The molecule has 1 rings (SSSR count). The minimum Gasteiger partial charge on any atom is -0.299 e. The number of thioether (sulfide) groups is 1. The van der Waals surface area contributed by atoms with Gasteiger partial charge in [0.1, 0.15) is 6.04 Å². The molecule has 0 amide bonds. The Morgan fingerprint density at radius 1 is 1.40 bits per heavy atom. The Hall–Kier alpha value is -0.240. The zero-order valence-electron chi connectivity index (χ0n) is 9.92. The van der Waals surface area contributed by atoms with Gasteiger partial charge in [0, 0.05) is 36.7 Å². The molecule has 0 spiro atoms. The molecule has 4 heteroatoms. The number of hydrogen-bond acceptors (Lipinski definition) is 4. The van der Waals surface area contributed by atoms with Crippen molar-refractivity contribution < 1.29 is 0 Å². The van der Waals surface area contributed by atoms with Crippen LogP contribution in [0.4, 0.5) is 0 Å². The molecule has 0 aromatic rings. The first-order valence-electron chi connectivity index (χ1n) is 5.49. The van der Waals surface area contributed by atoms with E-state index in [1.54, 1.807) is 0 Å². The highest BCUT2D eigenvalue weighted by atomic mass is 32.2. The highest BCUT2D eigenvalue weighted by molar-refractivity contribution is 7.99. The van der Waals surface area contributed by atoms with Crippen molar-refractivity contribution in [3.63, 3.8) is 0 Å². The Kier molecular flexibility index (Phi) is 4.91. The van der Waals surface area contributed by atoms with E-state index in [-0.39, 0.29) is 11.6 Å². The van der Waals surface area contributed by atoms with Gasteiger partial charge in [0.25, 0.3) is 0 Å². The van der Waals surface area contributed by atoms with Gasteiger partial charge in [0.15, 0.2) is 0 Å². The van der Waals surface area contributed by atoms with Gasteiger partial charge in [-0.2, -0.15) is 17.0 Å². The van der Waals surface area contributed by atoms with E-state index in [0.717, 1.165) is 19.6 Å². The SMILES string of the molecule is CC(C)(C)NC(C#N)CN1CCSCC1. The summed E-state index contributed by atoms with van der Waals surface area (Å²) in [6.45, 7) is 9.40. The summed E-state index contributed by atoms with van der Waals surface area (Å²) in [5.74, 6) is 2.40. The van der Waals surface area contributed by atoms with E-state index >= 15 is 0 Å². The number of nitriles is 1. The smallest absolute Gasteiger partial charge is 0.108 e.